The molecule has 1 aromatic rings. The van der Waals surface area contributed by atoms with E-state index in [0.29, 0.717) is 6.04 Å². The van der Waals surface area contributed by atoms with Crippen LogP contribution in [0, 0.1) is 5.92 Å². The van der Waals surface area contributed by atoms with E-state index in [1.165, 1.54) is 41.3 Å². The molecule has 0 saturated heterocycles. The molecule has 1 aliphatic carbocycles. The van der Waals surface area contributed by atoms with Crippen molar-refractivity contribution in [3.05, 3.63) is 15.6 Å². The first-order valence-corrected chi connectivity index (χ1v) is 8.67. The number of thiazole rings is 1. The third kappa shape index (κ3) is 3.79. The number of aromatic nitrogens is 1. The van der Waals surface area contributed by atoms with Gasteiger partial charge in [-0.15, -0.1) is 11.3 Å². The van der Waals surface area contributed by atoms with E-state index >= 15 is 0 Å². The van der Waals surface area contributed by atoms with Gasteiger partial charge < -0.3 is 5.32 Å². The summed E-state index contributed by atoms with van der Waals surface area (Å²) < 4.78 is 0. The van der Waals surface area contributed by atoms with E-state index in [-0.39, 0.29) is 0 Å². The molecule has 0 aromatic carbocycles. The van der Waals surface area contributed by atoms with Crippen molar-refractivity contribution in [3.8, 4) is 0 Å². The van der Waals surface area contributed by atoms with Crippen LogP contribution in [0.4, 0.5) is 0 Å². The van der Waals surface area contributed by atoms with Crippen LogP contribution in [0.2, 0.25) is 0 Å². The molecule has 0 bridgehead atoms. The zero-order valence-electron chi connectivity index (χ0n) is 12.8. The summed E-state index contributed by atoms with van der Waals surface area (Å²) in [6.45, 7) is 9.95. The Morgan fingerprint density at radius 2 is 2.11 bits per heavy atom. The maximum atomic E-state index is 4.94. The van der Waals surface area contributed by atoms with Crippen LogP contribution in [0.1, 0.15) is 74.9 Å². The highest BCUT2D eigenvalue weighted by molar-refractivity contribution is 7.11. The van der Waals surface area contributed by atoms with Crippen LogP contribution in [-0.4, -0.2) is 11.0 Å². The number of hydrogen-bond donors (Lipinski definition) is 1. The summed E-state index contributed by atoms with van der Waals surface area (Å²) >= 11 is 1.96. The van der Waals surface area contributed by atoms with Crippen LogP contribution in [0.5, 0.6) is 0 Å². The lowest BCUT2D eigenvalue weighted by Gasteiger charge is -2.07. The second kappa shape index (κ2) is 6.85. The predicted molar refractivity (Wildman–Crippen MR) is 83.8 cm³/mol. The molecule has 0 amide bonds. The Kier molecular flexibility index (Phi) is 5.40. The van der Waals surface area contributed by atoms with Gasteiger partial charge in [0.05, 0.1) is 10.7 Å². The maximum Gasteiger partial charge on any atom is 0.0962 e. The van der Waals surface area contributed by atoms with E-state index in [1.54, 1.807) is 0 Å². The number of aryl methyl sites for hydroxylation is 1. The van der Waals surface area contributed by atoms with Crippen molar-refractivity contribution >= 4 is 11.3 Å². The highest BCUT2D eigenvalue weighted by Crippen LogP contribution is 2.41. The van der Waals surface area contributed by atoms with Gasteiger partial charge in [-0.1, -0.05) is 34.1 Å². The van der Waals surface area contributed by atoms with E-state index in [1.807, 2.05) is 11.3 Å². The van der Waals surface area contributed by atoms with Gasteiger partial charge in [0.2, 0.25) is 0 Å². The molecule has 2 unspecified atom stereocenters. The van der Waals surface area contributed by atoms with Crippen LogP contribution in [0.25, 0.3) is 0 Å². The average molecular weight is 280 g/mol. The Labute approximate surface area is 122 Å². The molecule has 1 aliphatic rings. The van der Waals surface area contributed by atoms with Crippen molar-refractivity contribution in [3.63, 3.8) is 0 Å². The average Bonchev–Trinajstić information content (AvgIpc) is 3.02. The second-order valence-corrected chi connectivity index (χ2v) is 7.21. The Balaban J connectivity index is 2.05. The van der Waals surface area contributed by atoms with Crippen LogP contribution >= 0.6 is 11.3 Å². The lowest BCUT2D eigenvalue weighted by atomic mass is 10.0. The SMILES string of the molecule is CCc1nc(C2CCC(CC)C2)sc1CNC(C)C. The van der Waals surface area contributed by atoms with Gasteiger partial charge in [-0.25, -0.2) is 4.98 Å². The summed E-state index contributed by atoms with van der Waals surface area (Å²) in [5.74, 6) is 1.68. The van der Waals surface area contributed by atoms with Crippen molar-refractivity contribution in [2.24, 2.45) is 5.92 Å². The second-order valence-electron chi connectivity index (χ2n) is 6.10. The smallest absolute Gasteiger partial charge is 0.0962 e. The summed E-state index contributed by atoms with van der Waals surface area (Å²) in [7, 11) is 0. The van der Waals surface area contributed by atoms with Gasteiger partial charge in [-0.3, -0.25) is 0 Å². The topological polar surface area (TPSA) is 24.9 Å². The Morgan fingerprint density at radius 3 is 2.68 bits per heavy atom. The number of rotatable bonds is 6. The summed E-state index contributed by atoms with van der Waals surface area (Å²) in [4.78, 5) is 6.40. The van der Waals surface area contributed by atoms with Gasteiger partial charge in [-0.2, -0.15) is 0 Å². The van der Waals surface area contributed by atoms with Gasteiger partial charge in [0, 0.05) is 23.4 Å². The molecule has 108 valence electrons. The monoisotopic (exact) mass is 280 g/mol. The normalized spacial score (nSPS) is 23.4. The Hall–Kier alpha value is -0.410. The Bertz CT molecular complexity index is 397. The maximum absolute atomic E-state index is 4.94. The molecule has 1 fully saturated rings. The number of nitrogens with one attached hydrogen (secondary N) is 1. The molecule has 0 spiro atoms. The molecule has 1 aromatic heterocycles. The van der Waals surface area contributed by atoms with Crippen molar-refractivity contribution in [1.29, 1.82) is 0 Å². The fourth-order valence-corrected chi connectivity index (χ4v) is 4.21. The minimum absolute atomic E-state index is 0.547. The summed E-state index contributed by atoms with van der Waals surface area (Å²) in [5.41, 5.74) is 1.33. The van der Waals surface area contributed by atoms with Gasteiger partial charge in [0.1, 0.15) is 0 Å². The summed E-state index contributed by atoms with van der Waals surface area (Å²) in [6.07, 6.45) is 6.53. The van der Waals surface area contributed by atoms with Gasteiger partial charge in [0.15, 0.2) is 0 Å². The van der Waals surface area contributed by atoms with Crippen LogP contribution in [-0.2, 0) is 13.0 Å². The third-order valence-corrected chi connectivity index (χ3v) is 5.53. The minimum atomic E-state index is 0.547. The molecular formula is C16H28N2S. The quantitative estimate of drug-likeness (QED) is 0.830. The lowest BCUT2D eigenvalue weighted by molar-refractivity contribution is 0.521. The summed E-state index contributed by atoms with van der Waals surface area (Å²) in [5, 5.41) is 4.94. The fraction of sp³-hybridized carbons (Fsp3) is 0.812. The van der Waals surface area contributed by atoms with E-state index in [9.17, 15) is 0 Å². The molecule has 2 atom stereocenters. The first kappa shape index (κ1) is 15.0. The largest absolute Gasteiger partial charge is 0.310 e. The van der Waals surface area contributed by atoms with Gasteiger partial charge in [0.25, 0.3) is 0 Å². The highest BCUT2D eigenvalue weighted by Gasteiger charge is 2.27. The zero-order chi connectivity index (χ0) is 13.8. The molecule has 19 heavy (non-hydrogen) atoms. The predicted octanol–water partition coefficient (Wildman–Crippen LogP) is 4.50. The van der Waals surface area contributed by atoms with E-state index in [4.69, 9.17) is 4.98 Å². The van der Waals surface area contributed by atoms with Gasteiger partial charge in [-0.05, 0) is 31.6 Å². The van der Waals surface area contributed by atoms with Crippen LogP contribution < -0.4 is 5.32 Å². The fourth-order valence-electron chi connectivity index (χ4n) is 2.96. The molecule has 2 rings (SSSR count). The molecular weight excluding hydrogens is 252 g/mol. The van der Waals surface area contributed by atoms with Crippen LogP contribution in [0.15, 0.2) is 0 Å². The van der Waals surface area contributed by atoms with E-state index in [2.05, 4.69) is 33.0 Å². The number of hydrogen-bond acceptors (Lipinski definition) is 3. The van der Waals surface area contributed by atoms with Crippen LogP contribution in [0.3, 0.4) is 0 Å². The lowest BCUT2D eigenvalue weighted by Crippen LogP contribution is -2.21. The molecule has 0 radical (unpaired) electrons. The minimum Gasteiger partial charge on any atom is -0.310 e. The standard InChI is InChI=1S/C16H28N2S/c1-5-12-7-8-13(9-12)16-18-14(6-2)15(19-16)10-17-11(3)4/h11-13,17H,5-10H2,1-4H3. The van der Waals surface area contributed by atoms with Crippen molar-refractivity contribution in [2.45, 2.75) is 78.3 Å². The third-order valence-electron chi connectivity index (χ3n) is 4.27. The van der Waals surface area contributed by atoms with E-state index < -0.39 is 0 Å². The van der Waals surface area contributed by atoms with Crippen molar-refractivity contribution in [2.75, 3.05) is 0 Å². The Morgan fingerprint density at radius 1 is 1.32 bits per heavy atom. The molecule has 3 heteroatoms. The summed E-state index contributed by atoms with van der Waals surface area (Å²) in [6, 6.07) is 0.547. The van der Waals surface area contributed by atoms with E-state index in [0.717, 1.165) is 24.8 Å². The molecule has 1 heterocycles. The first-order chi connectivity index (χ1) is 9.13. The zero-order valence-corrected chi connectivity index (χ0v) is 13.6. The van der Waals surface area contributed by atoms with Crippen molar-refractivity contribution < 1.29 is 0 Å². The highest BCUT2D eigenvalue weighted by atomic mass is 32.1. The molecule has 2 nitrogen and oxygen atoms in total. The molecule has 0 aliphatic heterocycles. The molecule has 1 N–H and O–H groups in total. The molecule has 1 saturated carbocycles. The first-order valence-electron chi connectivity index (χ1n) is 7.85. The van der Waals surface area contributed by atoms with Crippen molar-refractivity contribution in [1.82, 2.24) is 10.3 Å². The van der Waals surface area contributed by atoms with Gasteiger partial charge >= 0.3 is 0 Å². The number of nitrogens with zero attached hydrogens (tertiary/aromatic N) is 1.